The summed E-state index contributed by atoms with van der Waals surface area (Å²) in [5.74, 6) is -1.14. The molecule has 0 aromatic carbocycles. The van der Waals surface area contributed by atoms with Gasteiger partial charge in [-0.2, -0.15) is 0 Å². The molecule has 0 radical (unpaired) electrons. The van der Waals surface area contributed by atoms with Crippen molar-refractivity contribution in [2.75, 3.05) is 19.6 Å². The molecule has 3 nitrogen and oxygen atoms in total. The van der Waals surface area contributed by atoms with Crippen LogP contribution in [0.1, 0.15) is 48.4 Å². The van der Waals surface area contributed by atoms with Gasteiger partial charge in [0.1, 0.15) is 0 Å². The van der Waals surface area contributed by atoms with E-state index in [1.165, 1.54) is 22.7 Å². The van der Waals surface area contributed by atoms with Gasteiger partial charge in [-0.3, -0.25) is 4.79 Å². The standard InChI is InChI=1S/C20H25NO2S2/c1-14-7-11-24-18(14)17(19-15(2)8-12-25-19)6-4-10-21-9-3-5-16(13-21)20(22)23/h6-8,11-12,16H,3-5,9-10,13H2,1-2H3,(H,22,23)/t16-/m1/s1/i1D3,2D3. The van der Waals surface area contributed by atoms with E-state index in [1.54, 1.807) is 22.9 Å². The number of aryl methyl sites for hydroxylation is 2. The maximum absolute atomic E-state index is 11.3. The van der Waals surface area contributed by atoms with Crippen LogP contribution in [0.5, 0.6) is 0 Å². The first kappa shape index (κ1) is 12.0. The zero-order chi connectivity index (χ0) is 22.8. The van der Waals surface area contributed by atoms with E-state index in [0.717, 1.165) is 13.0 Å². The molecule has 0 bridgehead atoms. The second-order valence-corrected chi connectivity index (χ2v) is 8.04. The van der Waals surface area contributed by atoms with Crippen LogP contribution >= 0.6 is 22.7 Å². The predicted octanol–water partition coefficient (Wildman–Crippen LogP) is 5.04. The lowest BCUT2D eigenvalue weighted by Gasteiger charge is -2.30. The first-order valence-electron chi connectivity index (χ1n) is 11.3. The maximum Gasteiger partial charge on any atom is 0.307 e. The fourth-order valence-corrected chi connectivity index (χ4v) is 4.94. The third-order valence-corrected chi connectivity index (χ3v) is 6.36. The number of hydrogen-bond acceptors (Lipinski definition) is 4. The molecule has 3 heterocycles. The largest absolute Gasteiger partial charge is 0.481 e. The van der Waals surface area contributed by atoms with Crippen LogP contribution in [0.2, 0.25) is 0 Å². The molecule has 1 saturated heterocycles. The van der Waals surface area contributed by atoms with Gasteiger partial charge in [0.25, 0.3) is 0 Å². The molecule has 0 unspecified atom stereocenters. The van der Waals surface area contributed by atoms with Crippen LogP contribution in [0, 0.1) is 19.6 Å². The van der Waals surface area contributed by atoms with Crippen LogP contribution in [0.25, 0.3) is 5.57 Å². The highest BCUT2D eigenvalue weighted by molar-refractivity contribution is 7.14. The second-order valence-electron chi connectivity index (χ2n) is 6.21. The number of thiophene rings is 2. The molecule has 0 spiro atoms. The van der Waals surface area contributed by atoms with E-state index in [0.29, 0.717) is 41.3 Å². The van der Waals surface area contributed by atoms with Crippen LogP contribution in [-0.2, 0) is 4.79 Å². The third kappa shape index (κ3) is 4.40. The molecule has 25 heavy (non-hydrogen) atoms. The van der Waals surface area contributed by atoms with E-state index in [9.17, 15) is 9.90 Å². The number of nitrogens with zero attached hydrogens (tertiary/aromatic N) is 1. The van der Waals surface area contributed by atoms with Crippen LogP contribution in [-0.4, -0.2) is 35.6 Å². The summed E-state index contributed by atoms with van der Waals surface area (Å²) in [6.07, 6.45) is 3.99. The van der Waals surface area contributed by atoms with Gasteiger partial charge in [-0.25, -0.2) is 0 Å². The van der Waals surface area contributed by atoms with E-state index in [4.69, 9.17) is 8.22 Å². The van der Waals surface area contributed by atoms with Crippen molar-refractivity contribution in [2.24, 2.45) is 5.92 Å². The molecule has 0 amide bonds. The van der Waals surface area contributed by atoms with Gasteiger partial charge in [-0.15, -0.1) is 22.7 Å². The highest BCUT2D eigenvalue weighted by atomic mass is 32.1. The van der Waals surface area contributed by atoms with Crippen molar-refractivity contribution in [3.63, 3.8) is 0 Å². The monoisotopic (exact) mass is 381 g/mol. The fourth-order valence-electron chi connectivity index (χ4n) is 3.18. The van der Waals surface area contributed by atoms with Gasteiger partial charge in [0.15, 0.2) is 0 Å². The Bertz CT molecular complexity index is 890. The minimum absolute atomic E-state index is 0.220. The second kappa shape index (κ2) is 8.30. The number of aliphatic carboxylic acids is 1. The van der Waals surface area contributed by atoms with Crippen molar-refractivity contribution in [3.8, 4) is 0 Å². The zero-order valence-electron chi connectivity index (χ0n) is 19.8. The van der Waals surface area contributed by atoms with Crippen LogP contribution in [0.4, 0.5) is 0 Å². The lowest BCUT2D eigenvalue weighted by molar-refractivity contribution is -0.143. The number of piperidine rings is 1. The predicted molar refractivity (Wildman–Crippen MR) is 107 cm³/mol. The van der Waals surface area contributed by atoms with Crippen molar-refractivity contribution < 1.29 is 18.1 Å². The SMILES string of the molecule is [2H]C([2H])([2H])c1ccsc1C(=CCCN1CCC[C@@H](C(=O)O)C1)c1sccc1C([2H])([2H])[2H]. The highest BCUT2D eigenvalue weighted by Gasteiger charge is 2.24. The molecule has 5 heteroatoms. The molecule has 134 valence electrons. The van der Waals surface area contributed by atoms with Crippen LogP contribution in [0.15, 0.2) is 29.0 Å². The molecule has 1 aliphatic heterocycles. The maximum atomic E-state index is 11.3. The van der Waals surface area contributed by atoms with E-state index in [1.807, 2.05) is 6.08 Å². The Balaban J connectivity index is 1.92. The smallest absolute Gasteiger partial charge is 0.307 e. The van der Waals surface area contributed by atoms with Gasteiger partial charge < -0.3 is 10.0 Å². The highest BCUT2D eigenvalue weighted by Crippen LogP contribution is 2.35. The van der Waals surface area contributed by atoms with Gasteiger partial charge in [0, 0.05) is 36.6 Å². The summed E-state index contributed by atoms with van der Waals surface area (Å²) in [6.45, 7) is -2.64. The quantitative estimate of drug-likeness (QED) is 0.761. The number of rotatable bonds is 6. The molecule has 1 N–H and O–H groups in total. The van der Waals surface area contributed by atoms with Gasteiger partial charge >= 0.3 is 5.97 Å². The van der Waals surface area contributed by atoms with Crippen LogP contribution < -0.4 is 0 Å². The number of carboxylic acids is 1. The summed E-state index contributed by atoms with van der Waals surface area (Å²) in [5.41, 5.74) is 1.07. The van der Waals surface area contributed by atoms with Crippen LogP contribution in [0.3, 0.4) is 0 Å². The molecule has 3 rings (SSSR count). The lowest BCUT2D eigenvalue weighted by atomic mass is 9.98. The molecular formula is C20H25NO2S2. The number of hydrogen-bond donors (Lipinski definition) is 1. The minimum atomic E-state index is -2.30. The molecule has 0 saturated carbocycles. The Kier molecular flexibility index (Phi) is 4.00. The molecule has 1 fully saturated rings. The van der Waals surface area contributed by atoms with E-state index in [-0.39, 0.29) is 17.0 Å². The summed E-state index contributed by atoms with van der Waals surface area (Å²) >= 11 is 2.59. The molecule has 0 aliphatic carbocycles. The topological polar surface area (TPSA) is 40.5 Å². The summed E-state index contributed by atoms with van der Waals surface area (Å²) in [5, 5.41) is 12.7. The Morgan fingerprint density at radius 2 is 2.00 bits per heavy atom. The Labute approximate surface area is 166 Å². The van der Waals surface area contributed by atoms with Gasteiger partial charge in [-0.1, -0.05) is 6.08 Å². The Morgan fingerprint density at radius 1 is 1.32 bits per heavy atom. The summed E-state index contributed by atoms with van der Waals surface area (Å²) in [6, 6.07) is 3.15. The number of carbonyl (C=O) groups is 1. The third-order valence-electron chi connectivity index (χ3n) is 4.47. The van der Waals surface area contributed by atoms with Gasteiger partial charge in [0.05, 0.1) is 5.92 Å². The van der Waals surface area contributed by atoms with Crippen molar-refractivity contribution in [3.05, 3.63) is 49.9 Å². The molecule has 1 atom stereocenters. The molecule has 2 aromatic heterocycles. The van der Waals surface area contributed by atoms with E-state index in [2.05, 4.69) is 4.90 Å². The van der Waals surface area contributed by atoms with Crippen molar-refractivity contribution in [1.82, 2.24) is 4.90 Å². The number of carboxylic acid groups (broad SMARTS) is 1. The first-order chi connectivity index (χ1) is 14.5. The summed E-state index contributed by atoms with van der Waals surface area (Å²) < 4.78 is 47.2. The van der Waals surface area contributed by atoms with E-state index >= 15 is 0 Å². The molecular weight excluding hydrogens is 350 g/mol. The number of likely N-dealkylation sites (tertiary alicyclic amines) is 1. The van der Waals surface area contributed by atoms with Gasteiger partial charge in [0.2, 0.25) is 0 Å². The zero-order valence-corrected chi connectivity index (χ0v) is 15.5. The summed E-state index contributed by atoms with van der Waals surface area (Å²) in [7, 11) is 0. The Hall–Kier alpha value is -1.43. The Morgan fingerprint density at radius 3 is 2.60 bits per heavy atom. The fraction of sp³-hybridized carbons (Fsp3) is 0.450. The van der Waals surface area contributed by atoms with Crippen molar-refractivity contribution in [2.45, 2.75) is 33.0 Å². The van der Waals surface area contributed by atoms with Crippen molar-refractivity contribution in [1.29, 1.82) is 0 Å². The van der Waals surface area contributed by atoms with Crippen molar-refractivity contribution >= 4 is 34.2 Å². The van der Waals surface area contributed by atoms with Gasteiger partial charge in [-0.05, 0) is 73.5 Å². The van der Waals surface area contributed by atoms with E-state index < -0.39 is 19.7 Å². The average molecular weight is 382 g/mol. The molecule has 2 aromatic rings. The lowest BCUT2D eigenvalue weighted by Crippen LogP contribution is -2.39. The normalized spacial score (nSPS) is 22.8. The average Bonchev–Trinajstić information content (AvgIpc) is 3.34. The minimum Gasteiger partial charge on any atom is -0.481 e. The summed E-state index contributed by atoms with van der Waals surface area (Å²) in [4.78, 5) is 14.5. The first-order valence-corrected chi connectivity index (χ1v) is 10.1. The molecule has 1 aliphatic rings.